The van der Waals surface area contributed by atoms with Gasteiger partial charge in [-0.05, 0) is 18.2 Å². The fourth-order valence-corrected chi connectivity index (χ4v) is 3.00. The van der Waals surface area contributed by atoms with E-state index in [1.807, 2.05) is 0 Å². The quantitative estimate of drug-likeness (QED) is 0.535. The Kier molecular flexibility index (Phi) is 3.23. The number of carbonyl (C=O) groups is 1. The van der Waals surface area contributed by atoms with E-state index in [2.05, 4.69) is 0 Å². The lowest BCUT2D eigenvalue weighted by Gasteiger charge is -2.10. The first kappa shape index (κ1) is 10.1. The lowest BCUT2D eigenvalue weighted by Crippen LogP contribution is -2.15. The molecule has 1 rings (SSSR count). The molecule has 6 heteroatoms. The van der Waals surface area contributed by atoms with Gasteiger partial charge in [0.1, 0.15) is 6.61 Å². The van der Waals surface area contributed by atoms with Crippen molar-refractivity contribution in [2.75, 3.05) is 12.8 Å². The molecule has 0 bridgehead atoms. The van der Waals surface area contributed by atoms with Gasteiger partial charge in [0.15, 0.2) is 6.49 Å². The first-order valence-corrected chi connectivity index (χ1v) is 6.49. The molecule has 0 spiro atoms. The second kappa shape index (κ2) is 3.83. The SMILES string of the molecule is CC(=O)OC[C@@H]1CCP(O)(=S)O1. The third-order valence-electron chi connectivity index (χ3n) is 1.52. The third kappa shape index (κ3) is 3.19. The Hall–Kier alpha value is 0.0400. The molecule has 1 heterocycles. The van der Waals surface area contributed by atoms with E-state index in [1.165, 1.54) is 6.92 Å². The standard InChI is InChI=1S/C6H11O4PS/c1-5(7)9-4-6-2-3-11(8,12)10-6/h6H,2-4H2,1H3,(H,8,12)/t6-,11?/m0/s1. The van der Waals surface area contributed by atoms with Gasteiger partial charge >= 0.3 is 5.97 Å². The Morgan fingerprint density at radius 1 is 1.92 bits per heavy atom. The maximum absolute atomic E-state index is 10.4. The summed E-state index contributed by atoms with van der Waals surface area (Å²) < 4.78 is 9.82. The van der Waals surface area contributed by atoms with Gasteiger partial charge in [0.25, 0.3) is 0 Å². The highest BCUT2D eigenvalue weighted by atomic mass is 32.5. The predicted octanol–water partition coefficient (Wildman–Crippen LogP) is 0.640. The summed E-state index contributed by atoms with van der Waals surface area (Å²) in [6.45, 7) is -0.977. The van der Waals surface area contributed by atoms with Crippen LogP contribution in [0.4, 0.5) is 0 Å². The number of rotatable bonds is 2. The van der Waals surface area contributed by atoms with E-state index in [-0.39, 0.29) is 18.7 Å². The maximum atomic E-state index is 10.4. The molecule has 0 aromatic carbocycles. The van der Waals surface area contributed by atoms with Gasteiger partial charge in [0, 0.05) is 13.1 Å². The van der Waals surface area contributed by atoms with Crippen LogP contribution in [-0.2, 0) is 25.9 Å². The van der Waals surface area contributed by atoms with Crippen molar-refractivity contribution in [3.8, 4) is 0 Å². The van der Waals surface area contributed by atoms with Crippen molar-refractivity contribution >= 4 is 24.3 Å². The predicted molar refractivity (Wildman–Crippen MR) is 47.5 cm³/mol. The number of esters is 1. The zero-order chi connectivity index (χ0) is 9.19. The van der Waals surface area contributed by atoms with E-state index in [0.29, 0.717) is 12.6 Å². The lowest BCUT2D eigenvalue weighted by atomic mass is 10.3. The number of hydrogen-bond acceptors (Lipinski definition) is 4. The summed E-state index contributed by atoms with van der Waals surface area (Å²) in [7, 11) is 0. The molecular formula is C6H11O4PS. The molecule has 1 fully saturated rings. The molecule has 0 aromatic heterocycles. The smallest absolute Gasteiger partial charge is 0.302 e. The van der Waals surface area contributed by atoms with E-state index < -0.39 is 6.49 Å². The molecule has 4 nitrogen and oxygen atoms in total. The van der Waals surface area contributed by atoms with E-state index in [0.717, 1.165) is 0 Å². The van der Waals surface area contributed by atoms with Crippen molar-refractivity contribution in [2.45, 2.75) is 19.4 Å². The second-order valence-corrected chi connectivity index (χ2v) is 6.32. The molecule has 70 valence electrons. The molecule has 1 aliphatic rings. The van der Waals surface area contributed by atoms with E-state index in [1.54, 1.807) is 0 Å². The van der Waals surface area contributed by atoms with Gasteiger partial charge in [-0.15, -0.1) is 0 Å². The molecule has 2 atom stereocenters. The molecule has 0 amide bonds. The molecule has 0 radical (unpaired) electrons. The highest BCUT2D eigenvalue weighted by Crippen LogP contribution is 2.50. The Labute approximate surface area is 76.0 Å². The first-order valence-electron chi connectivity index (χ1n) is 3.63. The molecule has 12 heavy (non-hydrogen) atoms. The fourth-order valence-electron chi connectivity index (χ4n) is 0.970. The van der Waals surface area contributed by atoms with Crippen molar-refractivity contribution in [1.29, 1.82) is 0 Å². The van der Waals surface area contributed by atoms with Crippen molar-refractivity contribution in [2.24, 2.45) is 0 Å². The topological polar surface area (TPSA) is 55.8 Å². The zero-order valence-corrected chi connectivity index (χ0v) is 8.44. The van der Waals surface area contributed by atoms with Crippen LogP contribution < -0.4 is 0 Å². The summed E-state index contributed by atoms with van der Waals surface area (Å²) in [6.07, 6.45) is 1.000. The van der Waals surface area contributed by atoms with Crippen LogP contribution in [-0.4, -0.2) is 29.7 Å². The van der Waals surface area contributed by atoms with E-state index in [4.69, 9.17) is 21.1 Å². The number of ether oxygens (including phenoxy) is 1. The van der Waals surface area contributed by atoms with Crippen molar-refractivity contribution < 1.29 is 18.9 Å². The summed E-state index contributed by atoms with van der Waals surface area (Å²) in [5.74, 6) is -0.336. The normalized spacial score (nSPS) is 35.0. The van der Waals surface area contributed by atoms with Crippen LogP contribution in [0.1, 0.15) is 13.3 Å². The molecule has 0 saturated carbocycles. The molecule has 0 aliphatic carbocycles. The average Bonchev–Trinajstić information content (AvgIpc) is 2.26. The van der Waals surface area contributed by atoms with Crippen molar-refractivity contribution in [3.63, 3.8) is 0 Å². The minimum absolute atomic E-state index is 0.203. The Bertz CT molecular complexity index is 230. The summed E-state index contributed by atoms with van der Waals surface area (Å²) in [6, 6.07) is 0. The van der Waals surface area contributed by atoms with Gasteiger partial charge in [-0.3, -0.25) is 4.79 Å². The van der Waals surface area contributed by atoms with Crippen LogP contribution in [0.2, 0.25) is 0 Å². The second-order valence-electron chi connectivity index (χ2n) is 2.68. The fraction of sp³-hybridized carbons (Fsp3) is 0.833. The van der Waals surface area contributed by atoms with Gasteiger partial charge in [-0.1, -0.05) is 0 Å². The molecule has 1 aliphatic heterocycles. The summed E-state index contributed by atoms with van der Waals surface area (Å²) in [5, 5.41) is 0. The molecular weight excluding hydrogens is 199 g/mol. The van der Waals surface area contributed by atoms with Crippen LogP contribution in [0.5, 0.6) is 0 Å². The summed E-state index contributed by atoms with van der Waals surface area (Å²) >= 11 is 4.77. The lowest BCUT2D eigenvalue weighted by molar-refractivity contribution is -0.143. The van der Waals surface area contributed by atoms with Gasteiger partial charge in [0.2, 0.25) is 0 Å². The highest BCUT2D eigenvalue weighted by Gasteiger charge is 2.29. The largest absolute Gasteiger partial charge is 0.463 e. The molecule has 0 aromatic rings. The molecule has 1 saturated heterocycles. The van der Waals surface area contributed by atoms with Gasteiger partial charge in [-0.2, -0.15) is 0 Å². The van der Waals surface area contributed by atoms with Gasteiger partial charge < -0.3 is 14.2 Å². The van der Waals surface area contributed by atoms with Crippen molar-refractivity contribution in [3.05, 3.63) is 0 Å². The van der Waals surface area contributed by atoms with Gasteiger partial charge in [0.05, 0.1) is 6.10 Å². The maximum Gasteiger partial charge on any atom is 0.302 e. The van der Waals surface area contributed by atoms with E-state index >= 15 is 0 Å². The first-order chi connectivity index (χ1) is 5.49. The minimum atomic E-state index is -2.52. The Morgan fingerprint density at radius 3 is 3.00 bits per heavy atom. The van der Waals surface area contributed by atoms with Crippen LogP contribution in [0, 0.1) is 0 Å². The number of hydrogen-bond donors (Lipinski definition) is 1. The Balaban J connectivity index is 2.29. The van der Waals surface area contributed by atoms with Crippen LogP contribution in [0.15, 0.2) is 0 Å². The highest BCUT2D eigenvalue weighted by molar-refractivity contribution is 8.09. The summed E-state index contributed by atoms with van der Waals surface area (Å²) in [4.78, 5) is 19.7. The minimum Gasteiger partial charge on any atom is -0.463 e. The average molecular weight is 210 g/mol. The third-order valence-corrected chi connectivity index (χ3v) is 3.78. The zero-order valence-electron chi connectivity index (χ0n) is 6.73. The molecule has 1 N–H and O–H groups in total. The van der Waals surface area contributed by atoms with E-state index in [9.17, 15) is 9.69 Å². The van der Waals surface area contributed by atoms with Crippen LogP contribution >= 0.6 is 6.49 Å². The van der Waals surface area contributed by atoms with Crippen LogP contribution in [0.25, 0.3) is 0 Å². The Morgan fingerprint density at radius 2 is 2.58 bits per heavy atom. The summed E-state index contributed by atoms with van der Waals surface area (Å²) in [5.41, 5.74) is 0. The van der Waals surface area contributed by atoms with Crippen LogP contribution in [0.3, 0.4) is 0 Å². The number of carbonyl (C=O) groups excluding carboxylic acids is 1. The van der Waals surface area contributed by atoms with Crippen molar-refractivity contribution in [1.82, 2.24) is 0 Å². The monoisotopic (exact) mass is 210 g/mol. The van der Waals surface area contributed by atoms with Gasteiger partial charge in [-0.25, -0.2) is 0 Å². The molecule has 1 unspecified atom stereocenters.